The summed E-state index contributed by atoms with van der Waals surface area (Å²) in [7, 11) is 1.36. The van der Waals surface area contributed by atoms with Crippen molar-refractivity contribution in [3.05, 3.63) is 29.8 Å². The predicted molar refractivity (Wildman–Crippen MR) is 75.4 cm³/mol. The summed E-state index contributed by atoms with van der Waals surface area (Å²) in [5, 5.41) is 0. The molecular formula is C14H19BrO3. The van der Waals surface area contributed by atoms with Gasteiger partial charge in [-0.05, 0) is 30.0 Å². The average molecular weight is 315 g/mol. The van der Waals surface area contributed by atoms with E-state index in [-0.39, 0.29) is 12.6 Å². The standard InChI is InChI=1S/C14H19BrO3/c1-4-10(2)11-5-7-12(8-6-11)18-9-13(15)14(16)17-3/h5-8,10,13H,4,9H2,1-3H3. The number of ether oxygens (including phenoxy) is 2. The molecule has 2 unspecified atom stereocenters. The van der Waals surface area contributed by atoms with Crippen LogP contribution in [0.2, 0.25) is 0 Å². The molecule has 1 aromatic carbocycles. The number of esters is 1. The van der Waals surface area contributed by atoms with Crippen LogP contribution in [-0.2, 0) is 9.53 Å². The van der Waals surface area contributed by atoms with Crippen molar-refractivity contribution < 1.29 is 14.3 Å². The number of rotatable bonds is 6. The van der Waals surface area contributed by atoms with E-state index in [0.29, 0.717) is 5.92 Å². The third kappa shape index (κ3) is 4.33. The molecular weight excluding hydrogens is 296 g/mol. The van der Waals surface area contributed by atoms with Crippen LogP contribution in [0.1, 0.15) is 31.7 Å². The largest absolute Gasteiger partial charge is 0.492 e. The van der Waals surface area contributed by atoms with Gasteiger partial charge in [-0.15, -0.1) is 0 Å². The quantitative estimate of drug-likeness (QED) is 0.595. The normalized spacial score (nSPS) is 13.8. The number of halogens is 1. The molecule has 0 spiro atoms. The Hall–Kier alpha value is -1.03. The zero-order valence-electron chi connectivity index (χ0n) is 11.0. The number of hydrogen-bond donors (Lipinski definition) is 0. The van der Waals surface area contributed by atoms with E-state index in [4.69, 9.17) is 4.74 Å². The van der Waals surface area contributed by atoms with Gasteiger partial charge >= 0.3 is 5.97 Å². The topological polar surface area (TPSA) is 35.5 Å². The Morgan fingerprint density at radius 3 is 2.44 bits per heavy atom. The lowest BCUT2D eigenvalue weighted by Gasteiger charge is -2.12. The van der Waals surface area contributed by atoms with Crippen molar-refractivity contribution in [3.63, 3.8) is 0 Å². The Balaban J connectivity index is 2.51. The first-order valence-corrected chi connectivity index (χ1v) is 6.94. The number of carbonyl (C=O) groups excluding carboxylic acids is 1. The second-order valence-corrected chi connectivity index (χ2v) is 5.29. The Bertz CT molecular complexity index is 375. The van der Waals surface area contributed by atoms with Gasteiger partial charge in [0.05, 0.1) is 7.11 Å². The van der Waals surface area contributed by atoms with Crippen LogP contribution in [0, 0.1) is 0 Å². The molecule has 0 aromatic heterocycles. The van der Waals surface area contributed by atoms with E-state index in [0.717, 1.165) is 12.2 Å². The third-order valence-electron chi connectivity index (χ3n) is 2.91. The first-order chi connectivity index (χ1) is 8.58. The van der Waals surface area contributed by atoms with Gasteiger partial charge in [0.1, 0.15) is 17.2 Å². The van der Waals surface area contributed by atoms with E-state index in [1.54, 1.807) is 0 Å². The highest BCUT2D eigenvalue weighted by molar-refractivity contribution is 9.10. The molecule has 18 heavy (non-hydrogen) atoms. The van der Waals surface area contributed by atoms with Crippen molar-refractivity contribution in [1.82, 2.24) is 0 Å². The molecule has 0 amide bonds. The first-order valence-electron chi connectivity index (χ1n) is 6.03. The zero-order valence-corrected chi connectivity index (χ0v) is 12.6. The van der Waals surface area contributed by atoms with Crippen molar-refractivity contribution in [1.29, 1.82) is 0 Å². The molecule has 0 aliphatic rings. The zero-order chi connectivity index (χ0) is 13.5. The summed E-state index contributed by atoms with van der Waals surface area (Å²) < 4.78 is 10.1. The Morgan fingerprint density at radius 1 is 1.33 bits per heavy atom. The van der Waals surface area contributed by atoms with Gasteiger partial charge in [-0.3, -0.25) is 4.79 Å². The van der Waals surface area contributed by atoms with Gasteiger partial charge < -0.3 is 9.47 Å². The van der Waals surface area contributed by atoms with E-state index < -0.39 is 4.83 Å². The third-order valence-corrected chi connectivity index (χ3v) is 3.55. The summed E-state index contributed by atoms with van der Waals surface area (Å²) in [5.41, 5.74) is 1.30. The summed E-state index contributed by atoms with van der Waals surface area (Å²) in [6.07, 6.45) is 1.12. The molecule has 1 rings (SSSR count). The molecule has 2 atom stereocenters. The molecule has 100 valence electrons. The highest BCUT2D eigenvalue weighted by atomic mass is 79.9. The van der Waals surface area contributed by atoms with E-state index >= 15 is 0 Å². The van der Waals surface area contributed by atoms with Crippen molar-refractivity contribution in [2.45, 2.75) is 31.0 Å². The van der Waals surface area contributed by atoms with Crippen LogP contribution in [0.15, 0.2) is 24.3 Å². The lowest BCUT2D eigenvalue weighted by atomic mass is 9.99. The lowest BCUT2D eigenvalue weighted by molar-refractivity contribution is -0.140. The maximum Gasteiger partial charge on any atom is 0.322 e. The van der Waals surface area contributed by atoms with Crippen LogP contribution in [0.3, 0.4) is 0 Å². The smallest absolute Gasteiger partial charge is 0.322 e. The molecule has 0 aliphatic carbocycles. The van der Waals surface area contributed by atoms with Crippen LogP contribution in [0.25, 0.3) is 0 Å². The molecule has 0 saturated carbocycles. The van der Waals surface area contributed by atoms with Crippen LogP contribution in [0.5, 0.6) is 5.75 Å². The maximum atomic E-state index is 11.2. The molecule has 0 fully saturated rings. The second-order valence-electron chi connectivity index (χ2n) is 4.18. The summed E-state index contributed by atoms with van der Waals surface area (Å²) in [6, 6.07) is 7.98. The maximum absolute atomic E-state index is 11.2. The van der Waals surface area contributed by atoms with E-state index in [1.165, 1.54) is 12.7 Å². The molecule has 0 radical (unpaired) electrons. The Morgan fingerprint density at radius 2 is 1.94 bits per heavy atom. The minimum absolute atomic E-state index is 0.259. The number of methoxy groups -OCH3 is 1. The molecule has 0 bridgehead atoms. The predicted octanol–water partition coefficient (Wildman–Crippen LogP) is 3.52. The fourth-order valence-electron chi connectivity index (χ4n) is 1.49. The van der Waals surface area contributed by atoms with Gasteiger partial charge in [-0.25, -0.2) is 0 Å². The van der Waals surface area contributed by atoms with Gasteiger partial charge in [0, 0.05) is 0 Å². The second kappa shape index (κ2) is 7.41. The van der Waals surface area contributed by atoms with Gasteiger partial charge in [0.25, 0.3) is 0 Å². The number of alkyl halides is 1. The average Bonchev–Trinajstić information content (AvgIpc) is 2.43. The van der Waals surface area contributed by atoms with Crippen LogP contribution in [0.4, 0.5) is 0 Å². The molecule has 3 nitrogen and oxygen atoms in total. The number of hydrogen-bond acceptors (Lipinski definition) is 3. The van der Waals surface area contributed by atoms with Gasteiger partial charge in [0.15, 0.2) is 0 Å². The monoisotopic (exact) mass is 314 g/mol. The molecule has 0 N–H and O–H groups in total. The fraction of sp³-hybridized carbons (Fsp3) is 0.500. The molecule has 4 heteroatoms. The number of carbonyl (C=O) groups is 1. The molecule has 1 aromatic rings. The summed E-state index contributed by atoms with van der Waals surface area (Å²) in [6.45, 7) is 4.62. The van der Waals surface area contributed by atoms with Gasteiger partial charge in [-0.1, -0.05) is 41.9 Å². The first kappa shape index (κ1) is 15.0. The van der Waals surface area contributed by atoms with Crippen molar-refractivity contribution >= 4 is 21.9 Å². The fourth-order valence-corrected chi connectivity index (χ4v) is 1.81. The van der Waals surface area contributed by atoms with Crippen LogP contribution >= 0.6 is 15.9 Å². The minimum Gasteiger partial charge on any atom is -0.492 e. The summed E-state index contributed by atoms with van der Waals surface area (Å²) >= 11 is 3.21. The van der Waals surface area contributed by atoms with Crippen LogP contribution in [-0.4, -0.2) is 24.5 Å². The minimum atomic E-state index is -0.434. The molecule has 0 aliphatic heterocycles. The van der Waals surface area contributed by atoms with E-state index in [9.17, 15) is 4.79 Å². The van der Waals surface area contributed by atoms with Gasteiger partial charge in [-0.2, -0.15) is 0 Å². The van der Waals surface area contributed by atoms with Crippen LogP contribution < -0.4 is 4.74 Å². The van der Waals surface area contributed by atoms with Gasteiger partial charge in [0.2, 0.25) is 0 Å². The molecule has 0 heterocycles. The SMILES string of the molecule is CCC(C)c1ccc(OCC(Br)C(=O)OC)cc1. The molecule has 0 saturated heterocycles. The summed E-state index contributed by atoms with van der Waals surface area (Å²) in [5.74, 6) is 0.986. The summed E-state index contributed by atoms with van der Waals surface area (Å²) in [4.78, 5) is 10.7. The van der Waals surface area contributed by atoms with Crippen molar-refractivity contribution in [2.24, 2.45) is 0 Å². The highest BCUT2D eigenvalue weighted by Crippen LogP contribution is 2.21. The Labute approximate surface area is 117 Å². The lowest BCUT2D eigenvalue weighted by Crippen LogP contribution is -2.22. The van der Waals surface area contributed by atoms with Crippen molar-refractivity contribution in [2.75, 3.05) is 13.7 Å². The highest BCUT2D eigenvalue weighted by Gasteiger charge is 2.15. The Kier molecular flexibility index (Phi) is 6.19. The van der Waals surface area contributed by atoms with Crippen molar-refractivity contribution in [3.8, 4) is 5.75 Å². The van der Waals surface area contributed by atoms with E-state index in [1.807, 2.05) is 12.1 Å². The van der Waals surface area contributed by atoms with E-state index in [2.05, 4.69) is 46.6 Å². The number of benzene rings is 1.